The van der Waals surface area contributed by atoms with E-state index in [1.807, 2.05) is 35.7 Å². The van der Waals surface area contributed by atoms with E-state index in [0.717, 1.165) is 16.2 Å². The number of thiophene rings is 1. The molecular formula is C16H10O3S. The molecule has 0 radical (unpaired) electrons. The molecule has 0 saturated heterocycles. The number of hydrogen-bond donors (Lipinski definition) is 0. The van der Waals surface area contributed by atoms with Crippen LogP contribution in [0.1, 0.15) is 20.8 Å². The summed E-state index contributed by atoms with van der Waals surface area (Å²) in [7, 11) is 0. The zero-order valence-electron chi connectivity index (χ0n) is 10.5. The zero-order chi connectivity index (χ0) is 13.5. The SMILES string of the molecule is O=C1/C(=C/c2cccs2)Oc2c1ccc1c2C=CCO1. The zero-order valence-corrected chi connectivity index (χ0v) is 11.3. The van der Waals surface area contributed by atoms with Crippen LogP contribution in [0.25, 0.3) is 12.2 Å². The predicted octanol–water partition coefficient (Wildman–Crippen LogP) is 3.77. The molecule has 3 nitrogen and oxygen atoms in total. The van der Waals surface area contributed by atoms with Crippen molar-refractivity contribution in [1.29, 1.82) is 0 Å². The van der Waals surface area contributed by atoms with Crippen LogP contribution >= 0.6 is 11.3 Å². The summed E-state index contributed by atoms with van der Waals surface area (Å²) < 4.78 is 11.3. The molecule has 0 unspecified atom stereocenters. The third-order valence-electron chi connectivity index (χ3n) is 3.27. The molecule has 2 aliphatic heterocycles. The number of hydrogen-bond acceptors (Lipinski definition) is 4. The fourth-order valence-corrected chi connectivity index (χ4v) is 2.99. The Labute approximate surface area is 119 Å². The highest BCUT2D eigenvalue weighted by Gasteiger charge is 2.31. The number of allylic oxidation sites excluding steroid dienone is 1. The standard InChI is InChI=1S/C16H10O3S/c17-15-12-5-6-13-11(4-1-7-18-13)16(12)19-14(15)9-10-3-2-8-20-10/h1-6,8-9H,7H2/b14-9-. The van der Waals surface area contributed by atoms with Crippen LogP contribution in [-0.4, -0.2) is 12.4 Å². The molecule has 2 aromatic rings. The summed E-state index contributed by atoms with van der Waals surface area (Å²) >= 11 is 1.57. The Kier molecular flexibility index (Phi) is 2.50. The molecule has 0 spiro atoms. The van der Waals surface area contributed by atoms with Gasteiger partial charge >= 0.3 is 0 Å². The molecule has 0 amide bonds. The van der Waals surface area contributed by atoms with Crippen molar-refractivity contribution in [2.24, 2.45) is 0 Å². The predicted molar refractivity (Wildman–Crippen MR) is 78.2 cm³/mol. The topological polar surface area (TPSA) is 35.5 Å². The maximum absolute atomic E-state index is 12.4. The number of carbonyl (C=O) groups is 1. The summed E-state index contributed by atoms with van der Waals surface area (Å²) in [6, 6.07) is 7.50. The molecule has 1 aromatic heterocycles. The molecule has 20 heavy (non-hydrogen) atoms. The molecule has 4 rings (SSSR count). The number of fused-ring (bicyclic) bond motifs is 3. The molecule has 0 N–H and O–H groups in total. The molecule has 0 saturated carbocycles. The Balaban J connectivity index is 1.81. The van der Waals surface area contributed by atoms with Crippen molar-refractivity contribution in [2.75, 3.05) is 6.61 Å². The van der Waals surface area contributed by atoms with Crippen molar-refractivity contribution in [3.05, 3.63) is 57.5 Å². The molecule has 3 heterocycles. The molecule has 98 valence electrons. The van der Waals surface area contributed by atoms with E-state index in [2.05, 4.69) is 0 Å². The maximum atomic E-state index is 12.4. The minimum absolute atomic E-state index is 0.0739. The smallest absolute Gasteiger partial charge is 0.232 e. The largest absolute Gasteiger partial charge is 0.489 e. The molecule has 0 fully saturated rings. The van der Waals surface area contributed by atoms with Crippen molar-refractivity contribution in [3.63, 3.8) is 0 Å². The number of ether oxygens (including phenoxy) is 2. The first-order valence-electron chi connectivity index (χ1n) is 6.27. The average Bonchev–Trinajstić information content (AvgIpc) is 3.09. The van der Waals surface area contributed by atoms with E-state index in [1.165, 1.54) is 0 Å². The number of carbonyl (C=O) groups excluding carboxylic acids is 1. The second-order valence-corrected chi connectivity index (χ2v) is 5.50. The van der Waals surface area contributed by atoms with Gasteiger partial charge in [0.25, 0.3) is 0 Å². The minimum Gasteiger partial charge on any atom is -0.489 e. The van der Waals surface area contributed by atoms with Crippen molar-refractivity contribution >= 4 is 29.3 Å². The lowest BCUT2D eigenvalue weighted by molar-refractivity contribution is 0.101. The van der Waals surface area contributed by atoms with Gasteiger partial charge in [0.05, 0.1) is 11.1 Å². The summed E-state index contributed by atoms with van der Waals surface area (Å²) in [5.41, 5.74) is 1.44. The van der Waals surface area contributed by atoms with Crippen molar-refractivity contribution in [1.82, 2.24) is 0 Å². The lowest BCUT2D eigenvalue weighted by Gasteiger charge is -2.14. The average molecular weight is 282 g/mol. The van der Waals surface area contributed by atoms with E-state index in [4.69, 9.17) is 9.47 Å². The Bertz CT molecular complexity index is 754. The Hall–Kier alpha value is -2.33. The number of benzene rings is 1. The lowest BCUT2D eigenvalue weighted by Crippen LogP contribution is -2.01. The molecule has 4 heteroatoms. The molecule has 0 atom stereocenters. The van der Waals surface area contributed by atoms with Crippen LogP contribution in [-0.2, 0) is 0 Å². The van der Waals surface area contributed by atoms with Gasteiger partial charge in [-0.3, -0.25) is 4.79 Å². The summed E-state index contributed by atoms with van der Waals surface area (Å²) in [4.78, 5) is 13.4. The van der Waals surface area contributed by atoms with E-state index < -0.39 is 0 Å². The summed E-state index contributed by atoms with van der Waals surface area (Å²) in [5.74, 6) is 1.66. The fraction of sp³-hybridized carbons (Fsp3) is 0.0625. The first-order valence-corrected chi connectivity index (χ1v) is 7.15. The van der Waals surface area contributed by atoms with Crippen molar-refractivity contribution in [2.45, 2.75) is 0 Å². The highest BCUT2D eigenvalue weighted by molar-refractivity contribution is 7.10. The van der Waals surface area contributed by atoms with Gasteiger partial charge in [0, 0.05) is 11.0 Å². The molecule has 2 aliphatic rings. The van der Waals surface area contributed by atoms with Crippen LogP contribution in [0.4, 0.5) is 0 Å². The monoisotopic (exact) mass is 282 g/mol. The normalized spacial score (nSPS) is 17.6. The van der Waals surface area contributed by atoms with Gasteiger partial charge in [-0.05, 0) is 35.7 Å². The highest BCUT2D eigenvalue weighted by atomic mass is 32.1. The number of ketones is 1. The Morgan fingerprint density at radius 2 is 2.20 bits per heavy atom. The maximum Gasteiger partial charge on any atom is 0.232 e. The molecule has 0 bridgehead atoms. The fourth-order valence-electron chi connectivity index (χ4n) is 2.34. The van der Waals surface area contributed by atoms with Gasteiger partial charge in [0.2, 0.25) is 5.78 Å². The van der Waals surface area contributed by atoms with Crippen LogP contribution in [0.2, 0.25) is 0 Å². The van der Waals surface area contributed by atoms with E-state index >= 15 is 0 Å². The first kappa shape index (κ1) is 11.5. The van der Waals surface area contributed by atoms with Crippen LogP contribution in [0.5, 0.6) is 11.5 Å². The Morgan fingerprint density at radius 1 is 1.25 bits per heavy atom. The van der Waals surface area contributed by atoms with E-state index in [0.29, 0.717) is 23.7 Å². The van der Waals surface area contributed by atoms with Crippen LogP contribution in [0.3, 0.4) is 0 Å². The van der Waals surface area contributed by atoms with Crippen molar-refractivity contribution in [3.8, 4) is 11.5 Å². The molecular weight excluding hydrogens is 272 g/mol. The minimum atomic E-state index is -0.0739. The van der Waals surface area contributed by atoms with Crippen molar-refractivity contribution < 1.29 is 14.3 Å². The van der Waals surface area contributed by atoms with Crippen LogP contribution in [0, 0.1) is 0 Å². The third kappa shape index (κ3) is 1.69. The van der Waals surface area contributed by atoms with E-state index in [1.54, 1.807) is 23.5 Å². The van der Waals surface area contributed by atoms with Gasteiger partial charge in [0.1, 0.15) is 18.1 Å². The summed E-state index contributed by atoms with van der Waals surface area (Å²) in [6.45, 7) is 0.553. The first-order chi connectivity index (χ1) is 9.83. The summed E-state index contributed by atoms with van der Waals surface area (Å²) in [6.07, 6.45) is 5.64. The molecule has 1 aromatic carbocycles. The second-order valence-electron chi connectivity index (χ2n) is 4.52. The number of rotatable bonds is 1. The van der Waals surface area contributed by atoms with Gasteiger partial charge < -0.3 is 9.47 Å². The van der Waals surface area contributed by atoms with Crippen LogP contribution in [0.15, 0.2) is 41.5 Å². The third-order valence-corrected chi connectivity index (χ3v) is 4.09. The lowest BCUT2D eigenvalue weighted by atomic mass is 10.0. The highest BCUT2D eigenvalue weighted by Crippen LogP contribution is 2.41. The van der Waals surface area contributed by atoms with Gasteiger partial charge in [-0.2, -0.15) is 0 Å². The molecule has 0 aliphatic carbocycles. The van der Waals surface area contributed by atoms with Gasteiger partial charge in [-0.15, -0.1) is 11.3 Å². The number of Topliss-reactive ketones (excluding diaryl/α,β-unsaturated/α-hetero) is 1. The van der Waals surface area contributed by atoms with Gasteiger partial charge in [-0.25, -0.2) is 0 Å². The van der Waals surface area contributed by atoms with Crippen LogP contribution < -0.4 is 9.47 Å². The Morgan fingerprint density at radius 3 is 3.05 bits per heavy atom. The quantitative estimate of drug-likeness (QED) is 0.747. The van der Waals surface area contributed by atoms with Gasteiger partial charge in [-0.1, -0.05) is 6.07 Å². The summed E-state index contributed by atoms with van der Waals surface area (Å²) in [5, 5.41) is 1.97. The van der Waals surface area contributed by atoms with E-state index in [9.17, 15) is 4.79 Å². The van der Waals surface area contributed by atoms with Gasteiger partial charge in [0.15, 0.2) is 5.76 Å². The second kappa shape index (κ2) is 4.35. The van der Waals surface area contributed by atoms with E-state index in [-0.39, 0.29) is 5.78 Å².